The molecule has 2 saturated heterocycles. The van der Waals surface area contributed by atoms with E-state index >= 15 is 0 Å². The molecule has 0 aromatic heterocycles. The first-order valence-corrected chi connectivity index (χ1v) is 7.98. The average molecular weight is 335 g/mol. The second-order valence-corrected chi connectivity index (χ2v) is 5.55. The number of nitrogens with zero attached hydrogens (tertiary/aromatic N) is 1. The minimum Gasteiger partial charge on any atom is -0.447 e. The van der Waals surface area contributed by atoms with Crippen LogP contribution in [0.5, 0.6) is 0 Å². The molecule has 2 N–H and O–H groups in total. The smallest absolute Gasteiger partial charge is 0.414 e. The van der Waals surface area contributed by atoms with Gasteiger partial charge in [-0.15, -0.1) is 0 Å². The Kier molecular flexibility index (Phi) is 5.17. The summed E-state index contributed by atoms with van der Waals surface area (Å²) in [5.41, 5.74) is 1.28. The number of hydrogen-bond donors (Lipinski definition) is 2. The molecule has 0 aliphatic carbocycles. The molecule has 2 fully saturated rings. The quantitative estimate of drug-likeness (QED) is 0.852. The summed E-state index contributed by atoms with van der Waals surface area (Å²) in [5.74, 6) is 0. The van der Waals surface area contributed by atoms with Gasteiger partial charge in [-0.3, -0.25) is 4.90 Å². The molecule has 24 heavy (non-hydrogen) atoms. The molecule has 3 amide bonds. The summed E-state index contributed by atoms with van der Waals surface area (Å²) in [7, 11) is 0. The summed E-state index contributed by atoms with van der Waals surface area (Å²) >= 11 is 0. The zero-order valence-electron chi connectivity index (χ0n) is 13.5. The first-order valence-electron chi connectivity index (χ1n) is 7.98. The third kappa shape index (κ3) is 3.77. The number of carbonyl (C=O) groups is 2. The predicted molar refractivity (Wildman–Crippen MR) is 87.3 cm³/mol. The van der Waals surface area contributed by atoms with E-state index in [4.69, 9.17) is 14.2 Å². The molecule has 8 nitrogen and oxygen atoms in total. The van der Waals surface area contributed by atoms with Crippen molar-refractivity contribution < 1.29 is 23.8 Å². The molecular weight excluding hydrogens is 314 g/mol. The number of anilines is 2. The van der Waals surface area contributed by atoms with E-state index in [1.807, 2.05) is 6.92 Å². The van der Waals surface area contributed by atoms with Gasteiger partial charge in [0.2, 0.25) is 0 Å². The highest BCUT2D eigenvalue weighted by Crippen LogP contribution is 2.22. The van der Waals surface area contributed by atoms with Crippen molar-refractivity contribution in [1.29, 1.82) is 0 Å². The maximum absolute atomic E-state index is 12.2. The predicted octanol–water partition coefficient (Wildman–Crippen LogP) is 1.57. The van der Waals surface area contributed by atoms with Crippen LogP contribution in [0.2, 0.25) is 0 Å². The Morgan fingerprint density at radius 2 is 2.29 bits per heavy atom. The highest BCUT2D eigenvalue weighted by Gasteiger charge is 2.30. The molecule has 0 saturated carbocycles. The van der Waals surface area contributed by atoms with Crippen LogP contribution in [0.15, 0.2) is 24.3 Å². The molecule has 2 atom stereocenters. The third-order valence-corrected chi connectivity index (χ3v) is 3.90. The van der Waals surface area contributed by atoms with Gasteiger partial charge in [-0.05, 0) is 25.1 Å². The van der Waals surface area contributed by atoms with E-state index in [9.17, 15) is 9.59 Å². The van der Waals surface area contributed by atoms with Crippen molar-refractivity contribution in [2.45, 2.75) is 19.1 Å². The summed E-state index contributed by atoms with van der Waals surface area (Å²) in [4.78, 5) is 25.3. The second kappa shape index (κ2) is 7.50. The van der Waals surface area contributed by atoms with Gasteiger partial charge >= 0.3 is 12.1 Å². The van der Waals surface area contributed by atoms with E-state index < -0.39 is 0 Å². The van der Waals surface area contributed by atoms with Gasteiger partial charge in [0.1, 0.15) is 12.7 Å². The molecular formula is C16H21N3O5. The Morgan fingerprint density at radius 1 is 1.42 bits per heavy atom. The summed E-state index contributed by atoms with van der Waals surface area (Å²) < 4.78 is 15.8. The van der Waals surface area contributed by atoms with Gasteiger partial charge in [-0.25, -0.2) is 9.59 Å². The Hall–Kier alpha value is -2.32. The molecule has 0 unspecified atom stereocenters. The normalized spacial score (nSPS) is 23.2. The van der Waals surface area contributed by atoms with Crippen molar-refractivity contribution in [3.63, 3.8) is 0 Å². The minimum absolute atomic E-state index is 0.133. The average Bonchev–Trinajstić information content (AvgIpc) is 3.17. The SMILES string of the molecule is CCO[C@H]1COC[C@@H]1NC(=O)Nc1cccc(N2CCOC2=O)c1. The van der Waals surface area contributed by atoms with Gasteiger partial charge in [-0.1, -0.05) is 6.07 Å². The third-order valence-electron chi connectivity index (χ3n) is 3.90. The summed E-state index contributed by atoms with van der Waals surface area (Å²) in [6, 6.07) is 6.55. The molecule has 1 aromatic carbocycles. The van der Waals surface area contributed by atoms with Crippen LogP contribution >= 0.6 is 0 Å². The molecule has 0 spiro atoms. The lowest BCUT2D eigenvalue weighted by Gasteiger charge is -2.19. The number of carbonyl (C=O) groups excluding carboxylic acids is 2. The van der Waals surface area contributed by atoms with E-state index in [0.717, 1.165) is 0 Å². The topological polar surface area (TPSA) is 89.1 Å². The fourth-order valence-electron chi connectivity index (χ4n) is 2.76. The highest BCUT2D eigenvalue weighted by atomic mass is 16.6. The number of rotatable bonds is 5. The number of benzene rings is 1. The summed E-state index contributed by atoms with van der Waals surface area (Å²) in [6.45, 7) is 4.26. The Bertz CT molecular complexity index is 609. The van der Waals surface area contributed by atoms with Gasteiger partial charge in [-0.2, -0.15) is 0 Å². The molecule has 2 aliphatic heterocycles. The van der Waals surface area contributed by atoms with Crippen molar-refractivity contribution in [2.75, 3.05) is 43.2 Å². The molecule has 2 aliphatic rings. The van der Waals surface area contributed by atoms with Crippen LogP contribution in [0, 0.1) is 0 Å². The van der Waals surface area contributed by atoms with Crippen LogP contribution in [0.3, 0.4) is 0 Å². The van der Waals surface area contributed by atoms with Crippen LogP contribution < -0.4 is 15.5 Å². The Balaban J connectivity index is 1.59. The number of ether oxygens (including phenoxy) is 3. The first kappa shape index (κ1) is 16.5. The number of nitrogens with one attached hydrogen (secondary N) is 2. The van der Waals surface area contributed by atoms with E-state index in [1.54, 1.807) is 24.3 Å². The van der Waals surface area contributed by atoms with Crippen LogP contribution in [0.4, 0.5) is 21.0 Å². The van der Waals surface area contributed by atoms with Crippen molar-refractivity contribution in [2.24, 2.45) is 0 Å². The van der Waals surface area contributed by atoms with E-state index in [1.165, 1.54) is 4.90 Å². The lowest BCUT2D eigenvalue weighted by Crippen LogP contribution is -2.45. The second-order valence-electron chi connectivity index (χ2n) is 5.55. The maximum Gasteiger partial charge on any atom is 0.414 e. The van der Waals surface area contributed by atoms with Crippen LogP contribution in [-0.4, -0.2) is 57.2 Å². The van der Waals surface area contributed by atoms with Crippen molar-refractivity contribution in [1.82, 2.24) is 5.32 Å². The summed E-state index contributed by atoms with van der Waals surface area (Å²) in [6.07, 6.45) is -0.509. The fourth-order valence-corrected chi connectivity index (χ4v) is 2.76. The largest absolute Gasteiger partial charge is 0.447 e. The number of urea groups is 1. The minimum atomic E-state index is -0.376. The molecule has 8 heteroatoms. The summed E-state index contributed by atoms with van der Waals surface area (Å²) in [5, 5.41) is 5.62. The number of amides is 3. The van der Waals surface area contributed by atoms with E-state index in [2.05, 4.69) is 10.6 Å². The van der Waals surface area contributed by atoms with Crippen molar-refractivity contribution >= 4 is 23.5 Å². The van der Waals surface area contributed by atoms with Gasteiger partial charge in [0.25, 0.3) is 0 Å². The van der Waals surface area contributed by atoms with Gasteiger partial charge in [0.15, 0.2) is 0 Å². The molecule has 3 rings (SSSR count). The van der Waals surface area contributed by atoms with Crippen LogP contribution in [0.1, 0.15) is 6.92 Å². The molecule has 1 aromatic rings. The molecule has 2 heterocycles. The van der Waals surface area contributed by atoms with E-state index in [-0.39, 0.29) is 24.3 Å². The van der Waals surface area contributed by atoms with Gasteiger partial charge < -0.3 is 24.8 Å². The molecule has 0 radical (unpaired) electrons. The van der Waals surface area contributed by atoms with Crippen molar-refractivity contribution in [3.8, 4) is 0 Å². The zero-order valence-corrected chi connectivity index (χ0v) is 13.5. The number of cyclic esters (lactones) is 1. The van der Waals surface area contributed by atoms with Crippen LogP contribution in [0.25, 0.3) is 0 Å². The Labute approximate surface area is 140 Å². The van der Waals surface area contributed by atoms with Crippen LogP contribution in [-0.2, 0) is 14.2 Å². The Morgan fingerprint density at radius 3 is 3.04 bits per heavy atom. The standard InChI is InChI=1S/C16H21N3O5/c1-2-23-14-10-22-9-13(14)18-15(20)17-11-4-3-5-12(8-11)19-6-7-24-16(19)21/h3-5,8,13-14H,2,6-7,9-10H2,1H3,(H2,17,18,20)/t13-,14-/m0/s1. The molecule has 0 bridgehead atoms. The monoisotopic (exact) mass is 335 g/mol. The maximum atomic E-state index is 12.2. The van der Waals surface area contributed by atoms with Gasteiger partial charge in [0.05, 0.1) is 25.8 Å². The van der Waals surface area contributed by atoms with Gasteiger partial charge in [0, 0.05) is 18.0 Å². The van der Waals surface area contributed by atoms with E-state index in [0.29, 0.717) is 44.3 Å². The lowest BCUT2D eigenvalue weighted by atomic mass is 10.2. The highest BCUT2D eigenvalue weighted by molar-refractivity contribution is 5.93. The fraction of sp³-hybridized carbons (Fsp3) is 0.500. The zero-order chi connectivity index (χ0) is 16.9. The van der Waals surface area contributed by atoms with Crippen molar-refractivity contribution in [3.05, 3.63) is 24.3 Å². The lowest BCUT2D eigenvalue weighted by molar-refractivity contribution is 0.0428. The number of hydrogen-bond acceptors (Lipinski definition) is 5. The molecule has 130 valence electrons. The first-order chi connectivity index (χ1) is 11.7.